The minimum Gasteiger partial charge on any atom is -0.492 e. The van der Waals surface area contributed by atoms with Crippen molar-refractivity contribution in [1.82, 2.24) is 9.80 Å². The lowest BCUT2D eigenvalue weighted by Gasteiger charge is -2.39. The highest BCUT2D eigenvalue weighted by Gasteiger charge is 2.22. The first-order valence-corrected chi connectivity index (χ1v) is 7.28. The molecule has 0 radical (unpaired) electrons. The molecule has 0 saturated carbocycles. The normalized spacial score (nSPS) is 20.6. The fourth-order valence-electron chi connectivity index (χ4n) is 2.57. The van der Waals surface area contributed by atoms with E-state index >= 15 is 0 Å². The van der Waals surface area contributed by atoms with E-state index in [2.05, 4.69) is 29.8 Å². The molecule has 1 aromatic rings. The van der Waals surface area contributed by atoms with Gasteiger partial charge >= 0.3 is 0 Å². The Labute approximate surface area is 121 Å². The Kier molecular flexibility index (Phi) is 5.40. The molecule has 1 atom stereocenters. The molecule has 0 N–H and O–H groups in total. The number of benzene rings is 1. The Bertz CT molecular complexity index is 452. The number of piperazine rings is 1. The van der Waals surface area contributed by atoms with Crippen molar-refractivity contribution in [3.05, 3.63) is 29.8 Å². The monoisotopic (exact) mass is 273 g/mol. The van der Waals surface area contributed by atoms with E-state index in [1.54, 1.807) is 12.1 Å². The van der Waals surface area contributed by atoms with Crippen LogP contribution in [0, 0.1) is 11.3 Å². The van der Waals surface area contributed by atoms with Crippen LogP contribution in [0.5, 0.6) is 5.75 Å². The van der Waals surface area contributed by atoms with E-state index < -0.39 is 0 Å². The molecule has 0 aliphatic carbocycles. The van der Waals surface area contributed by atoms with Gasteiger partial charge in [0.1, 0.15) is 12.4 Å². The highest BCUT2D eigenvalue weighted by atomic mass is 16.5. The van der Waals surface area contributed by atoms with Gasteiger partial charge in [-0.25, -0.2) is 0 Å². The van der Waals surface area contributed by atoms with Crippen molar-refractivity contribution in [3.8, 4) is 11.8 Å². The van der Waals surface area contributed by atoms with Crippen LogP contribution in [-0.2, 0) is 0 Å². The topological polar surface area (TPSA) is 39.5 Å². The predicted octanol–water partition coefficient (Wildman–Crippen LogP) is 1.96. The van der Waals surface area contributed by atoms with Crippen LogP contribution in [0.1, 0.15) is 18.9 Å². The van der Waals surface area contributed by atoms with E-state index in [-0.39, 0.29) is 0 Å². The molecule has 4 nitrogen and oxygen atoms in total. The van der Waals surface area contributed by atoms with Crippen molar-refractivity contribution in [2.24, 2.45) is 0 Å². The fourth-order valence-corrected chi connectivity index (χ4v) is 2.57. The Morgan fingerprint density at radius 2 is 2.05 bits per heavy atom. The van der Waals surface area contributed by atoms with Gasteiger partial charge < -0.3 is 9.64 Å². The number of likely N-dealkylation sites (N-methyl/N-ethyl adjacent to an activating group) is 1. The molecule has 1 aliphatic rings. The molecule has 1 heterocycles. The Hall–Kier alpha value is -1.57. The summed E-state index contributed by atoms with van der Waals surface area (Å²) in [4.78, 5) is 4.91. The van der Waals surface area contributed by atoms with Gasteiger partial charge in [-0.2, -0.15) is 5.26 Å². The third kappa shape index (κ3) is 3.96. The molecule has 1 aromatic carbocycles. The number of hydrogen-bond donors (Lipinski definition) is 0. The van der Waals surface area contributed by atoms with Crippen molar-refractivity contribution in [1.29, 1.82) is 5.26 Å². The number of rotatable bonds is 5. The van der Waals surface area contributed by atoms with Gasteiger partial charge in [0.25, 0.3) is 0 Å². The van der Waals surface area contributed by atoms with Gasteiger partial charge in [-0.3, -0.25) is 4.90 Å². The average molecular weight is 273 g/mol. The van der Waals surface area contributed by atoms with Crippen LogP contribution in [0.15, 0.2) is 24.3 Å². The zero-order valence-corrected chi connectivity index (χ0v) is 12.4. The Morgan fingerprint density at radius 3 is 2.70 bits per heavy atom. The van der Waals surface area contributed by atoms with Crippen LogP contribution in [-0.4, -0.2) is 55.7 Å². The van der Waals surface area contributed by atoms with Gasteiger partial charge in [-0.05, 0) is 37.7 Å². The second-order valence-corrected chi connectivity index (χ2v) is 5.33. The second kappa shape index (κ2) is 7.28. The van der Waals surface area contributed by atoms with Gasteiger partial charge in [-0.1, -0.05) is 6.92 Å². The number of hydrogen-bond acceptors (Lipinski definition) is 4. The van der Waals surface area contributed by atoms with Crippen LogP contribution in [0.2, 0.25) is 0 Å². The maximum Gasteiger partial charge on any atom is 0.119 e. The summed E-state index contributed by atoms with van der Waals surface area (Å²) < 4.78 is 5.74. The molecule has 0 aromatic heterocycles. The van der Waals surface area contributed by atoms with Gasteiger partial charge in [0, 0.05) is 32.2 Å². The minimum atomic E-state index is 0.665. The van der Waals surface area contributed by atoms with Crippen molar-refractivity contribution in [2.45, 2.75) is 19.4 Å². The van der Waals surface area contributed by atoms with Crippen LogP contribution in [0.3, 0.4) is 0 Å². The van der Waals surface area contributed by atoms with Gasteiger partial charge in [-0.15, -0.1) is 0 Å². The summed E-state index contributed by atoms with van der Waals surface area (Å²) in [5.74, 6) is 0.838. The highest BCUT2D eigenvalue weighted by molar-refractivity contribution is 5.34. The first-order valence-electron chi connectivity index (χ1n) is 7.28. The largest absolute Gasteiger partial charge is 0.492 e. The molecule has 1 unspecified atom stereocenters. The third-order valence-corrected chi connectivity index (χ3v) is 3.99. The van der Waals surface area contributed by atoms with Crippen LogP contribution in [0.4, 0.5) is 0 Å². The molecule has 20 heavy (non-hydrogen) atoms. The third-order valence-electron chi connectivity index (χ3n) is 3.99. The first kappa shape index (κ1) is 14.8. The van der Waals surface area contributed by atoms with Crippen LogP contribution in [0.25, 0.3) is 0 Å². The smallest absolute Gasteiger partial charge is 0.119 e. The van der Waals surface area contributed by atoms with E-state index in [9.17, 15) is 0 Å². The van der Waals surface area contributed by atoms with Crippen LogP contribution < -0.4 is 4.74 Å². The maximum absolute atomic E-state index is 8.74. The Morgan fingerprint density at radius 1 is 1.30 bits per heavy atom. The quantitative estimate of drug-likeness (QED) is 0.822. The molecule has 2 rings (SSSR count). The second-order valence-electron chi connectivity index (χ2n) is 5.33. The fraction of sp³-hybridized carbons (Fsp3) is 0.562. The summed E-state index contributed by atoms with van der Waals surface area (Å²) in [7, 11) is 2.21. The van der Waals surface area contributed by atoms with Crippen molar-refractivity contribution in [2.75, 3.05) is 39.8 Å². The summed E-state index contributed by atoms with van der Waals surface area (Å²) in [5, 5.41) is 8.74. The summed E-state index contributed by atoms with van der Waals surface area (Å²) in [6, 6.07) is 10.1. The van der Waals surface area contributed by atoms with E-state index in [1.807, 2.05) is 12.1 Å². The van der Waals surface area contributed by atoms with Crippen molar-refractivity contribution in [3.63, 3.8) is 0 Å². The molecule has 1 saturated heterocycles. The van der Waals surface area contributed by atoms with E-state index in [1.165, 1.54) is 6.42 Å². The standard InChI is InChI=1S/C16H23N3O/c1-3-15-13-19(9-8-18(15)2)10-11-20-16-6-4-14(12-17)5-7-16/h4-7,15H,3,8-11,13H2,1-2H3. The number of ether oxygens (including phenoxy) is 1. The summed E-state index contributed by atoms with van der Waals surface area (Å²) in [6.07, 6.45) is 1.20. The molecule has 4 heteroatoms. The van der Waals surface area contributed by atoms with Gasteiger partial charge in [0.05, 0.1) is 11.6 Å². The number of nitriles is 1. The molecule has 0 spiro atoms. The molecular formula is C16H23N3O. The van der Waals surface area contributed by atoms with Crippen LogP contribution >= 0.6 is 0 Å². The van der Waals surface area contributed by atoms with Gasteiger partial charge in [0.2, 0.25) is 0 Å². The van der Waals surface area contributed by atoms with E-state index in [0.717, 1.165) is 31.9 Å². The molecule has 108 valence electrons. The molecule has 1 aliphatic heterocycles. The zero-order chi connectivity index (χ0) is 14.4. The van der Waals surface area contributed by atoms with E-state index in [4.69, 9.17) is 10.00 Å². The lowest BCUT2D eigenvalue weighted by Crippen LogP contribution is -2.51. The predicted molar refractivity (Wildman–Crippen MR) is 79.8 cm³/mol. The SMILES string of the molecule is CCC1CN(CCOc2ccc(C#N)cc2)CCN1C. The lowest BCUT2D eigenvalue weighted by atomic mass is 10.1. The molecule has 0 bridgehead atoms. The summed E-state index contributed by atoms with van der Waals surface area (Å²) in [6.45, 7) is 7.29. The van der Waals surface area contributed by atoms with Crippen molar-refractivity contribution < 1.29 is 4.74 Å². The first-order chi connectivity index (χ1) is 9.72. The lowest BCUT2D eigenvalue weighted by molar-refractivity contribution is 0.0824. The zero-order valence-electron chi connectivity index (χ0n) is 12.4. The average Bonchev–Trinajstić information content (AvgIpc) is 2.49. The van der Waals surface area contributed by atoms with Crippen molar-refractivity contribution >= 4 is 0 Å². The van der Waals surface area contributed by atoms with Gasteiger partial charge in [0.15, 0.2) is 0 Å². The number of nitrogens with zero attached hydrogens (tertiary/aromatic N) is 3. The molecule has 0 amide bonds. The summed E-state index contributed by atoms with van der Waals surface area (Å²) in [5.41, 5.74) is 0.669. The Balaban J connectivity index is 1.74. The van der Waals surface area contributed by atoms with E-state index in [0.29, 0.717) is 18.2 Å². The summed E-state index contributed by atoms with van der Waals surface area (Å²) >= 11 is 0. The minimum absolute atomic E-state index is 0.665. The maximum atomic E-state index is 8.74. The highest BCUT2D eigenvalue weighted by Crippen LogP contribution is 2.13. The molecular weight excluding hydrogens is 250 g/mol. The molecule has 1 fully saturated rings.